The topological polar surface area (TPSA) is 95.3 Å². The highest BCUT2D eigenvalue weighted by Crippen LogP contribution is 2.25. The smallest absolute Gasteiger partial charge is 0.340 e. The summed E-state index contributed by atoms with van der Waals surface area (Å²) in [5, 5.41) is 13.9. The van der Waals surface area contributed by atoms with Gasteiger partial charge in [0.2, 0.25) is 5.91 Å². The summed E-state index contributed by atoms with van der Waals surface area (Å²) < 4.78 is 13.4. The Morgan fingerprint density at radius 2 is 2.00 bits per heavy atom. The van der Waals surface area contributed by atoms with Gasteiger partial charge in [0, 0.05) is 11.0 Å². The van der Waals surface area contributed by atoms with Crippen LogP contribution in [0, 0.1) is 0 Å². The molecule has 0 bridgehead atoms. The first kappa shape index (κ1) is 22.3. The Kier molecular flexibility index (Phi) is 7.88. The molecule has 0 atom stereocenters. The number of nitrogens with one attached hydrogen (secondary N) is 1. The Bertz CT molecular complexity index is 1020. The van der Waals surface area contributed by atoms with E-state index in [0.29, 0.717) is 28.1 Å². The van der Waals surface area contributed by atoms with Crippen molar-refractivity contribution in [1.82, 2.24) is 14.8 Å². The molecule has 2 aromatic heterocycles. The number of amides is 1. The Hall–Kier alpha value is -2.37. The van der Waals surface area contributed by atoms with Gasteiger partial charge in [-0.15, -0.1) is 21.5 Å². The van der Waals surface area contributed by atoms with Crippen molar-refractivity contribution in [3.8, 4) is 5.75 Å². The number of anilines is 1. The summed E-state index contributed by atoms with van der Waals surface area (Å²) in [5.74, 6) is 0.806. The standard InChI is InChI=1S/C19H19BrN4O4S2/c1-3-24-15(10-28-13-6-4-12(20)5-7-13)22-23-19(24)30-11-16(25)21-17-14(8-9-29-17)18(26)27-2/h4-9H,3,10-11H2,1-2H3,(H,21,25). The van der Waals surface area contributed by atoms with Crippen LogP contribution >= 0.6 is 39.0 Å². The quantitative estimate of drug-likeness (QED) is 0.340. The van der Waals surface area contributed by atoms with Gasteiger partial charge < -0.3 is 19.4 Å². The number of esters is 1. The van der Waals surface area contributed by atoms with Gasteiger partial charge in [-0.1, -0.05) is 27.7 Å². The third-order valence-electron chi connectivity index (χ3n) is 3.95. The van der Waals surface area contributed by atoms with Crippen molar-refractivity contribution >= 4 is 55.9 Å². The maximum Gasteiger partial charge on any atom is 0.340 e. The molecular formula is C19H19BrN4O4S2. The lowest BCUT2D eigenvalue weighted by molar-refractivity contribution is -0.113. The number of thioether (sulfide) groups is 1. The molecule has 1 aromatic carbocycles. The minimum Gasteiger partial charge on any atom is -0.486 e. The first-order valence-electron chi connectivity index (χ1n) is 8.90. The summed E-state index contributed by atoms with van der Waals surface area (Å²) in [4.78, 5) is 24.0. The molecule has 0 aliphatic rings. The van der Waals surface area contributed by atoms with E-state index >= 15 is 0 Å². The second-order valence-electron chi connectivity index (χ2n) is 5.88. The number of carbonyl (C=O) groups excluding carboxylic acids is 2. The van der Waals surface area contributed by atoms with E-state index in [1.807, 2.05) is 35.8 Å². The zero-order valence-corrected chi connectivity index (χ0v) is 19.5. The van der Waals surface area contributed by atoms with Gasteiger partial charge in [0.1, 0.15) is 17.4 Å². The highest BCUT2D eigenvalue weighted by molar-refractivity contribution is 9.10. The molecule has 0 spiro atoms. The number of methoxy groups -OCH3 is 1. The lowest BCUT2D eigenvalue weighted by atomic mass is 10.3. The molecule has 30 heavy (non-hydrogen) atoms. The van der Waals surface area contributed by atoms with Crippen LogP contribution in [0.3, 0.4) is 0 Å². The van der Waals surface area contributed by atoms with Crippen LogP contribution in [0.15, 0.2) is 45.3 Å². The van der Waals surface area contributed by atoms with Gasteiger partial charge in [0.05, 0.1) is 18.4 Å². The predicted molar refractivity (Wildman–Crippen MR) is 119 cm³/mol. The molecular weight excluding hydrogens is 492 g/mol. The Morgan fingerprint density at radius 1 is 1.23 bits per heavy atom. The second-order valence-corrected chi connectivity index (χ2v) is 8.65. The molecule has 2 heterocycles. The zero-order valence-electron chi connectivity index (χ0n) is 16.3. The molecule has 0 aliphatic carbocycles. The summed E-state index contributed by atoms with van der Waals surface area (Å²) in [6.07, 6.45) is 0. The summed E-state index contributed by atoms with van der Waals surface area (Å²) in [5.41, 5.74) is 0.338. The Balaban J connectivity index is 1.58. The molecule has 3 rings (SSSR count). The molecule has 1 N–H and O–H groups in total. The molecule has 8 nitrogen and oxygen atoms in total. The van der Waals surface area contributed by atoms with E-state index in [4.69, 9.17) is 9.47 Å². The van der Waals surface area contributed by atoms with E-state index in [9.17, 15) is 9.59 Å². The predicted octanol–water partition coefficient (Wildman–Crippen LogP) is 4.22. The minimum atomic E-state index is -0.486. The zero-order chi connectivity index (χ0) is 21.5. The fourth-order valence-electron chi connectivity index (χ4n) is 2.50. The maximum atomic E-state index is 12.3. The number of aromatic nitrogens is 3. The molecule has 0 aliphatic heterocycles. The second kappa shape index (κ2) is 10.6. The number of carbonyl (C=O) groups is 2. The number of halogens is 1. The van der Waals surface area contributed by atoms with Crippen molar-refractivity contribution in [3.63, 3.8) is 0 Å². The van der Waals surface area contributed by atoms with Crippen LogP contribution in [0.25, 0.3) is 0 Å². The molecule has 0 saturated carbocycles. The van der Waals surface area contributed by atoms with Gasteiger partial charge in [-0.2, -0.15) is 0 Å². The molecule has 1 amide bonds. The third-order valence-corrected chi connectivity index (χ3v) is 6.27. The van der Waals surface area contributed by atoms with E-state index in [2.05, 4.69) is 31.4 Å². The van der Waals surface area contributed by atoms with Crippen molar-refractivity contribution in [1.29, 1.82) is 0 Å². The lowest BCUT2D eigenvalue weighted by Gasteiger charge is -2.09. The third kappa shape index (κ3) is 5.61. The average Bonchev–Trinajstić information content (AvgIpc) is 3.37. The fraction of sp³-hybridized carbons (Fsp3) is 0.263. The van der Waals surface area contributed by atoms with Gasteiger partial charge in [-0.3, -0.25) is 4.79 Å². The van der Waals surface area contributed by atoms with Crippen molar-refractivity contribution in [3.05, 3.63) is 51.6 Å². The Morgan fingerprint density at radius 3 is 2.70 bits per heavy atom. The molecule has 0 radical (unpaired) electrons. The summed E-state index contributed by atoms with van der Waals surface area (Å²) >= 11 is 5.93. The van der Waals surface area contributed by atoms with Gasteiger partial charge in [0.25, 0.3) is 0 Å². The average molecular weight is 511 g/mol. The molecule has 3 aromatic rings. The summed E-state index contributed by atoms with van der Waals surface area (Å²) in [6.45, 7) is 2.89. The monoisotopic (exact) mass is 510 g/mol. The molecule has 11 heteroatoms. The molecule has 158 valence electrons. The van der Waals surface area contributed by atoms with Gasteiger partial charge in [-0.25, -0.2) is 4.79 Å². The van der Waals surface area contributed by atoms with E-state index in [0.717, 1.165) is 10.2 Å². The van der Waals surface area contributed by atoms with Crippen LogP contribution in [-0.2, 0) is 22.7 Å². The van der Waals surface area contributed by atoms with Gasteiger partial charge in [-0.05, 0) is 42.6 Å². The minimum absolute atomic E-state index is 0.129. The number of hydrogen-bond donors (Lipinski definition) is 1. The first-order valence-corrected chi connectivity index (χ1v) is 11.6. The SMILES string of the molecule is CCn1c(COc2ccc(Br)cc2)nnc1SCC(=O)Nc1sccc1C(=O)OC. The highest BCUT2D eigenvalue weighted by atomic mass is 79.9. The van der Waals surface area contributed by atoms with E-state index in [-0.39, 0.29) is 18.3 Å². The fourth-order valence-corrected chi connectivity index (χ4v) is 4.38. The Labute approximate surface area is 190 Å². The van der Waals surface area contributed by atoms with Crippen LogP contribution in [0.4, 0.5) is 5.00 Å². The highest BCUT2D eigenvalue weighted by Gasteiger charge is 2.17. The van der Waals surface area contributed by atoms with Crippen molar-refractivity contribution < 1.29 is 19.1 Å². The van der Waals surface area contributed by atoms with Crippen LogP contribution in [0.2, 0.25) is 0 Å². The summed E-state index contributed by atoms with van der Waals surface area (Å²) in [6, 6.07) is 9.15. The maximum absolute atomic E-state index is 12.3. The number of rotatable bonds is 9. The van der Waals surface area contributed by atoms with Crippen molar-refractivity contribution in [2.24, 2.45) is 0 Å². The largest absolute Gasteiger partial charge is 0.486 e. The number of ether oxygens (including phenoxy) is 2. The van der Waals surface area contributed by atoms with Crippen LogP contribution in [-0.4, -0.2) is 39.5 Å². The van der Waals surface area contributed by atoms with Crippen LogP contribution < -0.4 is 10.1 Å². The molecule has 0 fully saturated rings. The van der Waals surface area contributed by atoms with E-state index in [1.54, 1.807) is 11.4 Å². The number of thiophene rings is 1. The van der Waals surface area contributed by atoms with E-state index < -0.39 is 5.97 Å². The molecule has 0 unspecified atom stereocenters. The van der Waals surface area contributed by atoms with Crippen molar-refractivity contribution in [2.45, 2.75) is 25.2 Å². The van der Waals surface area contributed by atoms with Crippen LogP contribution in [0.1, 0.15) is 23.1 Å². The summed E-state index contributed by atoms with van der Waals surface area (Å²) in [7, 11) is 1.30. The number of hydrogen-bond acceptors (Lipinski definition) is 8. The first-order chi connectivity index (χ1) is 14.5. The number of benzene rings is 1. The lowest BCUT2D eigenvalue weighted by Crippen LogP contribution is -2.16. The van der Waals surface area contributed by atoms with Gasteiger partial charge >= 0.3 is 5.97 Å². The normalized spacial score (nSPS) is 10.6. The van der Waals surface area contributed by atoms with Crippen molar-refractivity contribution in [2.75, 3.05) is 18.2 Å². The van der Waals surface area contributed by atoms with Crippen LogP contribution in [0.5, 0.6) is 5.75 Å². The molecule has 0 saturated heterocycles. The number of nitrogens with zero attached hydrogens (tertiary/aromatic N) is 3. The van der Waals surface area contributed by atoms with Gasteiger partial charge in [0.15, 0.2) is 11.0 Å². The van der Waals surface area contributed by atoms with E-state index in [1.165, 1.54) is 30.2 Å².